The van der Waals surface area contributed by atoms with Crippen LogP contribution in [0.4, 0.5) is 0 Å². The number of aliphatic hydroxyl groups is 1. The lowest BCUT2D eigenvalue weighted by Crippen LogP contribution is -2.60. The van der Waals surface area contributed by atoms with Crippen LogP contribution >= 0.6 is 11.8 Å². The van der Waals surface area contributed by atoms with Gasteiger partial charge in [-0.1, -0.05) is 30.3 Å². The van der Waals surface area contributed by atoms with Gasteiger partial charge >= 0.3 is 5.97 Å². The molecule has 0 spiro atoms. The second-order valence-corrected chi connectivity index (χ2v) is 27.1. The molecule has 2 aromatic rings. The number of hydrogen-bond donors (Lipinski definition) is 19. The summed E-state index contributed by atoms with van der Waals surface area (Å²) in [5, 5.41) is 43.7. The van der Waals surface area contributed by atoms with Crippen LogP contribution in [0.1, 0.15) is 121 Å². The summed E-state index contributed by atoms with van der Waals surface area (Å²) in [6.07, 6.45) is 6.74. The van der Waals surface area contributed by atoms with E-state index in [2.05, 4.69) is 67.8 Å². The van der Waals surface area contributed by atoms with Gasteiger partial charge in [0.05, 0.1) is 25.5 Å². The highest BCUT2D eigenvalue weighted by Gasteiger charge is 2.43. The van der Waals surface area contributed by atoms with E-state index in [1.54, 1.807) is 30.3 Å². The van der Waals surface area contributed by atoms with E-state index in [9.17, 15) is 77.3 Å². The minimum Gasteiger partial charge on any atom is -0.480 e. The fraction of sp³-hybridized carbons (Fsp3) is 0.621. The molecule has 40 heteroatoms. The topological polar surface area (TPSA) is 633 Å². The van der Waals surface area contributed by atoms with Gasteiger partial charge in [0, 0.05) is 63.9 Å². The largest absolute Gasteiger partial charge is 0.480 e. The summed E-state index contributed by atoms with van der Waals surface area (Å²) in [7, 11) is 0. The fourth-order valence-corrected chi connectivity index (χ4v) is 12.8. The second kappa shape index (κ2) is 44.6. The third kappa shape index (κ3) is 28.0. The number of aliphatic imine (C=N–C) groups is 2. The molecule has 3 aliphatic heterocycles. The average Bonchev–Trinajstić information content (AvgIpc) is 1.67. The van der Waals surface area contributed by atoms with E-state index in [1.807, 2.05) is 6.26 Å². The predicted octanol–water partition coefficient (Wildman–Crippen LogP) is -7.16. The van der Waals surface area contributed by atoms with Crippen LogP contribution in [0.2, 0.25) is 0 Å². The zero-order valence-corrected chi connectivity index (χ0v) is 60.6. The number of carbonyl (C=O) groups is 14. The lowest BCUT2D eigenvalue weighted by atomic mass is 10.0. The number of aromatic amines is 1. The summed E-state index contributed by atoms with van der Waals surface area (Å²) in [6, 6.07) is -6.86. The highest BCUT2D eigenvalue weighted by Crippen LogP contribution is 2.24. The second-order valence-electron chi connectivity index (χ2n) is 26.1. The lowest BCUT2D eigenvalue weighted by Gasteiger charge is -2.31. The number of guanidine groups is 2. The third-order valence-electron chi connectivity index (χ3n) is 18.0. The molecule has 1 aromatic carbocycles. The van der Waals surface area contributed by atoms with Crippen LogP contribution < -0.4 is 88.0 Å². The number of imidazole rings is 1. The summed E-state index contributed by atoms with van der Waals surface area (Å²) < 4.78 is 0. The molecule has 4 heterocycles. The Bertz CT molecular complexity index is 3380. The van der Waals surface area contributed by atoms with E-state index in [1.165, 1.54) is 45.9 Å². The van der Waals surface area contributed by atoms with Gasteiger partial charge in [0.25, 0.3) is 0 Å². The van der Waals surface area contributed by atoms with E-state index >= 15 is 0 Å². The Labute approximate surface area is 617 Å². The van der Waals surface area contributed by atoms with Crippen molar-refractivity contribution in [2.75, 3.05) is 64.4 Å². The summed E-state index contributed by atoms with van der Waals surface area (Å²) in [5.74, 6) is -11.4. The minimum atomic E-state index is -1.77. The molecule has 13 amide bonds. The van der Waals surface area contributed by atoms with Gasteiger partial charge in [0.1, 0.15) is 66.5 Å². The molecule has 586 valence electrons. The summed E-state index contributed by atoms with van der Waals surface area (Å²) in [5.41, 5.74) is 40.0. The number of H-pyrrole nitrogens is 1. The van der Waals surface area contributed by atoms with E-state index in [0.717, 1.165) is 0 Å². The minimum absolute atomic E-state index is 0.00266. The number of thioether (sulfide) groups is 1. The molecule has 3 aliphatic rings. The van der Waals surface area contributed by atoms with Gasteiger partial charge in [0.2, 0.25) is 76.8 Å². The van der Waals surface area contributed by atoms with Gasteiger partial charge in [-0.2, -0.15) is 11.8 Å². The van der Waals surface area contributed by atoms with Crippen LogP contribution in [0, 0.1) is 0 Å². The van der Waals surface area contributed by atoms with Crippen molar-refractivity contribution in [1.29, 1.82) is 0 Å². The highest BCUT2D eigenvalue weighted by atomic mass is 32.2. The number of aliphatic hydroxyl groups excluding tert-OH is 1. The maximum atomic E-state index is 14.4. The molecular weight excluding hydrogens is 1400 g/mol. The van der Waals surface area contributed by atoms with Gasteiger partial charge in [-0.25, -0.2) is 9.78 Å². The Morgan fingerprint density at radius 3 is 1.60 bits per heavy atom. The molecule has 106 heavy (non-hydrogen) atoms. The van der Waals surface area contributed by atoms with Crippen molar-refractivity contribution < 1.29 is 77.3 Å². The number of hydrogen-bond acceptors (Lipinski definition) is 21. The molecule has 3 saturated heterocycles. The van der Waals surface area contributed by atoms with E-state index in [4.69, 9.17) is 40.1 Å². The molecule has 0 saturated carbocycles. The molecule has 0 bridgehead atoms. The first-order valence-electron chi connectivity index (χ1n) is 35.4. The van der Waals surface area contributed by atoms with E-state index in [0.29, 0.717) is 49.1 Å². The van der Waals surface area contributed by atoms with Crippen molar-refractivity contribution in [2.24, 2.45) is 50.1 Å². The van der Waals surface area contributed by atoms with E-state index in [-0.39, 0.29) is 135 Å². The van der Waals surface area contributed by atoms with Gasteiger partial charge in [-0.05, 0) is 127 Å². The number of unbranched alkanes of at least 4 members (excludes halogenated alkanes) is 1. The first-order chi connectivity index (χ1) is 50.6. The molecule has 0 aliphatic carbocycles. The predicted molar refractivity (Wildman–Crippen MR) is 388 cm³/mol. The number of primary amides is 1. The Morgan fingerprint density at radius 1 is 0.575 bits per heavy atom. The highest BCUT2D eigenvalue weighted by molar-refractivity contribution is 7.98. The number of nitrogens with two attached hydrogens (primary N) is 7. The number of carbonyl (C=O) groups excluding carboxylic acids is 13. The van der Waals surface area contributed by atoms with Crippen molar-refractivity contribution >= 4 is 106 Å². The first kappa shape index (κ1) is 86.4. The quantitative estimate of drug-likeness (QED) is 0.0166. The first-order valence-corrected chi connectivity index (χ1v) is 36.8. The van der Waals surface area contributed by atoms with Gasteiger partial charge in [-0.15, -0.1) is 0 Å². The molecule has 1 aromatic heterocycles. The number of aromatic nitrogens is 2. The van der Waals surface area contributed by atoms with Crippen molar-refractivity contribution in [2.45, 2.75) is 195 Å². The SMILES string of the molecule is CSCC[C@H](NC(=O)[C@@H]1CCCN1C(=O)CNC(=O)[C@H](CCCCN)NC(=O)[C@H](Cc1cnc[nH]1)NC(=O)[C@H](CO)NC(=O)[C@H](C)NC(=O)[C@H](CCCN=C(N)N)NC(=O)[C@@H]1CCCN1C(=O)[C@H](CCCN=C(N)N)NC(=O)[C@@H](N)CCC(N)=O)C(=O)N1CCC[C@H]1C(=O)N[C@@H](Cc1ccccc1)C(=O)O. The van der Waals surface area contributed by atoms with Crippen molar-refractivity contribution in [3.63, 3.8) is 0 Å². The van der Waals surface area contributed by atoms with Crippen molar-refractivity contribution in [3.05, 3.63) is 54.1 Å². The fourth-order valence-electron chi connectivity index (χ4n) is 12.3. The van der Waals surface area contributed by atoms with Crippen molar-refractivity contribution in [3.8, 4) is 0 Å². The standard InChI is InChI=1S/C66H105N23O16S/c1-37(79-56(96)42(16-8-25-75-65(70)71)81-60(100)49-19-11-28-88(49)62(102)43(17-9-26-76-66(72)73)82-54(94)40(68)21-22-51(69)91)53(93)86-47(35-90)58(98)84-45(32-39-33-74-36-78-39)57(97)80-41(15-6-7-24-67)55(95)77-34-52(92)87-27-10-18-48(87)59(99)83-44(23-30-106-2)63(103)89-29-12-20-50(89)61(101)85-46(64(104)105)31-38-13-4-3-5-14-38/h3-5,13-14,33,36-37,40-50,90H,6-12,15-32,34-35,67-68H2,1-2H3,(H2,69,91)(H,74,78)(H,77,95)(H,79,96)(H,80,97)(H,81,100)(H,82,94)(H,83,99)(H,84,98)(H,85,101)(H,86,93)(H,104,105)(H4,70,71,75)(H4,72,73,76)/t37-,40-,41-,42-,43-,44-,45-,46-,47-,48-,49-,50-/m0/s1. The number of likely N-dealkylation sites (tertiary alicyclic amines) is 3. The Kier molecular flexibility index (Phi) is 36.3. The number of aliphatic carboxylic acids is 1. The average molecular weight is 1510 g/mol. The number of carboxylic acids is 1. The summed E-state index contributed by atoms with van der Waals surface area (Å²) >= 11 is 1.42. The van der Waals surface area contributed by atoms with Crippen LogP contribution in [0.5, 0.6) is 0 Å². The normalized spacial score (nSPS) is 17.9. The zero-order valence-electron chi connectivity index (χ0n) is 59.8. The Morgan fingerprint density at radius 2 is 1.07 bits per heavy atom. The van der Waals surface area contributed by atoms with Crippen LogP contribution in [-0.2, 0) is 80.0 Å². The third-order valence-corrected chi connectivity index (χ3v) is 18.7. The van der Waals surface area contributed by atoms with Crippen LogP contribution in [0.3, 0.4) is 0 Å². The van der Waals surface area contributed by atoms with Gasteiger partial charge < -0.3 is 118 Å². The summed E-state index contributed by atoms with van der Waals surface area (Å²) in [6.45, 7) is 0.228. The monoisotopic (exact) mass is 1510 g/mol. The molecule has 5 rings (SSSR count). The van der Waals surface area contributed by atoms with Gasteiger partial charge in [-0.3, -0.25) is 72.3 Å². The number of nitrogens with zero attached hydrogens (tertiary/aromatic N) is 6. The number of rotatable bonds is 45. The molecule has 26 N–H and O–H groups in total. The maximum absolute atomic E-state index is 14.4. The van der Waals surface area contributed by atoms with E-state index < -0.39 is 168 Å². The molecular formula is C66H105N23O16S. The number of nitrogens with one attached hydrogen (secondary N) is 10. The smallest absolute Gasteiger partial charge is 0.326 e. The van der Waals surface area contributed by atoms with Crippen LogP contribution in [-0.4, -0.2) is 266 Å². The molecule has 0 unspecified atom stereocenters. The number of benzene rings is 1. The van der Waals surface area contributed by atoms with Crippen LogP contribution in [0.15, 0.2) is 52.8 Å². The number of amides is 13. The van der Waals surface area contributed by atoms with Crippen molar-refractivity contribution in [1.82, 2.24) is 72.5 Å². The lowest BCUT2D eigenvalue weighted by molar-refractivity contribution is -0.145. The number of carboxylic acid groups (broad SMARTS) is 1. The molecule has 0 radical (unpaired) electrons. The Hall–Kier alpha value is -10.2. The van der Waals surface area contributed by atoms with Gasteiger partial charge in [0.15, 0.2) is 11.9 Å². The molecule has 3 fully saturated rings. The van der Waals surface area contributed by atoms with Crippen LogP contribution in [0.25, 0.3) is 0 Å². The zero-order chi connectivity index (χ0) is 78.0. The Balaban J connectivity index is 1.23. The molecule has 39 nitrogen and oxygen atoms in total. The molecule has 12 atom stereocenters. The summed E-state index contributed by atoms with van der Waals surface area (Å²) in [4.78, 5) is 210. The maximum Gasteiger partial charge on any atom is 0.326 e.